The summed E-state index contributed by atoms with van der Waals surface area (Å²) in [6.45, 7) is 5.49. The van der Waals surface area contributed by atoms with E-state index in [0.29, 0.717) is 29.7 Å². The zero-order valence-corrected chi connectivity index (χ0v) is 20.4. The number of carbonyl (C=O) groups excluding carboxylic acids is 2. The highest BCUT2D eigenvalue weighted by Crippen LogP contribution is 2.43. The number of ketones is 1. The minimum atomic E-state index is -1.47. The van der Waals surface area contributed by atoms with Crippen molar-refractivity contribution < 1.29 is 28.5 Å². The van der Waals surface area contributed by atoms with Crippen LogP contribution in [0.2, 0.25) is 10.0 Å². The number of hydrogen-bond acceptors (Lipinski definition) is 8. The molecule has 0 aliphatic carbocycles. The van der Waals surface area contributed by atoms with Crippen molar-refractivity contribution >= 4 is 46.3 Å². The topological polar surface area (TPSA) is 108 Å². The quantitative estimate of drug-likeness (QED) is 0.324. The maximum atomic E-state index is 13.0. The van der Waals surface area contributed by atoms with Crippen molar-refractivity contribution in [1.82, 2.24) is 0 Å². The van der Waals surface area contributed by atoms with Crippen molar-refractivity contribution in [3.05, 3.63) is 34.3 Å². The van der Waals surface area contributed by atoms with Crippen LogP contribution < -0.4 is 24.3 Å². The number of rotatable bonds is 11. The van der Waals surface area contributed by atoms with Gasteiger partial charge >= 0.3 is 0 Å². The number of amides is 1. The minimum Gasteiger partial charge on any atom is -0.493 e. The third-order valence-corrected chi connectivity index (χ3v) is 4.77. The fourth-order valence-electron chi connectivity index (χ4n) is 2.83. The Kier molecular flexibility index (Phi) is 9.74. The monoisotopic (exact) mass is 497 g/mol. The summed E-state index contributed by atoms with van der Waals surface area (Å²) in [6.07, 6.45) is 0. The van der Waals surface area contributed by atoms with Crippen LogP contribution in [-0.2, 0) is 9.59 Å². The Morgan fingerprint density at radius 2 is 1.70 bits per heavy atom. The standard InChI is InChI=1S/C22H25Cl2N3O6/c1-6-32-17-11-13(23)10-15(20(17)33-7-2)25-22(29)18(12(3)28)26-27-19-14(24)8-9-16(30-4)21(19)31-5/h8-11,18H,6-7H2,1-5H3,(H,25,29). The molecule has 0 bridgehead atoms. The molecule has 0 fully saturated rings. The molecule has 1 amide bonds. The van der Waals surface area contributed by atoms with E-state index in [4.69, 9.17) is 42.1 Å². The first-order valence-corrected chi connectivity index (χ1v) is 10.7. The SMILES string of the molecule is CCOc1cc(Cl)cc(NC(=O)C(N=Nc2c(Cl)ccc(OC)c2OC)C(C)=O)c1OCC. The highest BCUT2D eigenvalue weighted by atomic mass is 35.5. The summed E-state index contributed by atoms with van der Waals surface area (Å²) in [6, 6.07) is 4.73. The van der Waals surface area contributed by atoms with Crippen molar-refractivity contribution in [2.45, 2.75) is 26.8 Å². The number of benzene rings is 2. The third kappa shape index (κ3) is 6.49. The Morgan fingerprint density at radius 3 is 2.27 bits per heavy atom. The number of azo groups is 1. The normalized spacial score (nSPS) is 11.7. The lowest BCUT2D eigenvalue weighted by molar-refractivity contribution is -0.126. The van der Waals surface area contributed by atoms with Gasteiger partial charge in [-0.3, -0.25) is 9.59 Å². The second-order valence-corrected chi connectivity index (χ2v) is 7.34. The molecule has 33 heavy (non-hydrogen) atoms. The van der Waals surface area contributed by atoms with E-state index in [1.165, 1.54) is 33.3 Å². The molecule has 0 aliphatic rings. The molecule has 0 saturated carbocycles. The number of carbonyl (C=O) groups is 2. The van der Waals surface area contributed by atoms with Crippen LogP contribution in [0.25, 0.3) is 0 Å². The second-order valence-electron chi connectivity index (χ2n) is 6.50. The number of halogens is 2. The molecule has 0 heterocycles. The van der Waals surface area contributed by atoms with Gasteiger partial charge in [0.2, 0.25) is 6.04 Å². The number of anilines is 1. The zero-order valence-electron chi connectivity index (χ0n) is 18.9. The Balaban J connectivity index is 2.41. The van der Waals surface area contributed by atoms with Gasteiger partial charge in [0.1, 0.15) is 5.69 Å². The van der Waals surface area contributed by atoms with Crippen LogP contribution in [0.5, 0.6) is 23.0 Å². The molecule has 2 aromatic rings. The first-order chi connectivity index (χ1) is 15.8. The largest absolute Gasteiger partial charge is 0.493 e. The van der Waals surface area contributed by atoms with Gasteiger partial charge in [-0.2, -0.15) is 5.11 Å². The molecule has 0 radical (unpaired) electrons. The molecule has 2 aromatic carbocycles. The average molecular weight is 498 g/mol. The van der Waals surface area contributed by atoms with Gasteiger partial charge in [0.05, 0.1) is 38.1 Å². The maximum absolute atomic E-state index is 13.0. The van der Waals surface area contributed by atoms with E-state index in [-0.39, 0.29) is 27.9 Å². The molecular formula is C22H25Cl2N3O6. The summed E-state index contributed by atoms with van der Waals surface area (Å²) in [7, 11) is 2.86. The number of ether oxygens (including phenoxy) is 4. The molecule has 1 N–H and O–H groups in total. The predicted octanol–water partition coefficient (Wildman–Crippen LogP) is 5.49. The van der Waals surface area contributed by atoms with Gasteiger partial charge in [0.15, 0.2) is 28.8 Å². The van der Waals surface area contributed by atoms with Crippen molar-refractivity contribution in [1.29, 1.82) is 0 Å². The minimum absolute atomic E-state index is 0.119. The van der Waals surface area contributed by atoms with Crippen LogP contribution >= 0.6 is 23.2 Å². The molecule has 0 aromatic heterocycles. The van der Waals surface area contributed by atoms with E-state index in [2.05, 4.69) is 15.5 Å². The molecule has 1 unspecified atom stereocenters. The molecule has 0 aliphatic heterocycles. The first-order valence-electron chi connectivity index (χ1n) is 9.99. The van der Waals surface area contributed by atoms with E-state index >= 15 is 0 Å². The number of nitrogens with zero attached hydrogens (tertiary/aromatic N) is 2. The number of nitrogens with one attached hydrogen (secondary N) is 1. The molecule has 0 spiro atoms. The van der Waals surface area contributed by atoms with Crippen LogP contribution in [0.1, 0.15) is 20.8 Å². The molecular weight excluding hydrogens is 473 g/mol. The van der Waals surface area contributed by atoms with E-state index in [1.807, 2.05) is 0 Å². The molecule has 1 atom stereocenters. The summed E-state index contributed by atoms with van der Waals surface area (Å²) in [4.78, 5) is 25.2. The van der Waals surface area contributed by atoms with Crippen LogP contribution in [-0.4, -0.2) is 45.2 Å². The Labute approximate surface area is 202 Å². The van der Waals surface area contributed by atoms with E-state index in [0.717, 1.165) is 0 Å². The summed E-state index contributed by atoms with van der Waals surface area (Å²) in [5.41, 5.74) is 0.352. The van der Waals surface area contributed by atoms with E-state index < -0.39 is 17.7 Å². The molecule has 9 nitrogen and oxygen atoms in total. The van der Waals surface area contributed by atoms with Crippen LogP contribution in [0, 0.1) is 0 Å². The van der Waals surface area contributed by atoms with Gasteiger partial charge in [-0.05, 0) is 39.0 Å². The van der Waals surface area contributed by atoms with Gasteiger partial charge in [0.25, 0.3) is 5.91 Å². The van der Waals surface area contributed by atoms with Gasteiger partial charge < -0.3 is 24.3 Å². The first kappa shape index (κ1) is 26.2. The summed E-state index contributed by atoms with van der Waals surface area (Å²) in [5.74, 6) is -0.0613. The summed E-state index contributed by atoms with van der Waals surface area (Å²) >= 11 is 12.4. The van der Waals surface area contributed by atoms with Gasteiger partial charge in [0, 0.05) is 11.1 Å². The highest BCUT2D eigenvalue weighted by Gasteiger charge is 2.26. The van der Waals surface area contributed by atoms with E-state index in [9.17, 15) is 9.59 Å². The molecule has 0 saturated heterocycles. The van der Waals surface area contributed by atoms with Crippen molar-refractivity contribution in [2.75, 3.05) is 32.8 Å². The van der Waals surface area contributed by atoms with Crippen LogP contribution in [0.3, 0.4) is 0 Å². The summed E-state index contributed by atoms with van der Waals surface area (Å²) < 4.78 is 21.7. The summed E-state index contributed by atoms with van der Waals surface area (Å²) in [5, 5.41) is 11.1. The molecule has 178 valence electrons. The van der Waals surface area contributed by atoms with Gasteiger partial charge in [-0.25, -0.2) is 0 Å². The number of hydrogen-bond donors (Lipinski definition) is 1. The lowest BCUT2D eigenvalue weighted by Crippen LogP contribution is -2.32. The molecule has 11 heteroatoms. The van der Waals surface area contributed by atoms with Crippen LogP contribution in [0.4, 0.5) is 11.4 Å². The fourth-order valence-corrected chi connectivity index (χ4v) is 3.23. The van der Waals surface area contributed by atoms with E-state index in [1.54, 1.807) is 26.0 Å². The number of Topliss-reactive ketones (excluding diaryl/α,β-unsaturated/α-hetero) is 1. The third-order valence-electron chi connectivity index (χ3n) is 4.24. The average Bonchev–Trinajstić information content (AvgIpc) is 2.76. The smallest absolute Gasteiger partial charge is 0.258 e. The lowest BCUT2D eigenvalue weighted by atomic mass is 10.2. The number of methoxy groups -OCH3 is 2. The second kappa shape index (κ2) is 12.3. The Bertz CT molecular complexity index is 1050. The van der Waals surface area contributed by atoms with Crippen LogP contribution in [0.15, 0.2) is 34.5 Å². The Hall–Kier alpha value is -3.04. The fraction of sp³-hybridized carbons (Fsp3) is 0.364. The van der Waals surface area contributed by atoms with Crippen molar-refractivity contribution in [2.24, 2.45) is 10.2 Å². The van der Waals surface area contributed by atoms with Gasteiger partial charge in [-0.1, -0.05) is 23.2 Å². The lowest BCUT2D eigenvalue weighted by Gasteiger charge is -2.17. The zero-order chi connectivity index (χ0) is 24.5. The van der Waals surface area contributed by atoms with Crippen molar-refractivity contribution in [3.8, 4) is 23.0 Å². The predicted molar refractivity (Wildman–Crippen MR) is 126 cm³/mol. The maximum Gasteiger partial charge on any atom is 0.258 e. The van der Waals surface area contributed by atoms with Gasteiger partial charge in [-0.15, -0.1) is 5.11 Å². The molecule has 2 rings (SSSR count). The van der Waals surface area contributed by atoms with Crippen molar-refractivity contribution in [3.63, 3.8) is 0 Å². The highest BCUT2D eigenvalue weighted by molar-refractivity contribution is 6.33. The Morgan fingerprint density at radius 1 is 1.00 bits per heavy atom.